The second-order valence-corrected chi connectivity index (χ2v) is 13.2. The third-order valence-corrected chi connectivity index (χ3v) is 9.58. The van der Waals surface area contributed by atoms with Gasteiger partial charge in [0.15, 0.2) is 0 Å². The maximum atomic E-state index is 12.3. The SMILES string of the molecule is C=C(C(=O)OCC(CCc1ccc(-c2ccc(C3CCC(CCCCC)CC3)cc2)c(CC)c1)COC(=O)C(=C)C(C)O)C(C)O. The Bertz CT molecular complexity index is 1250. The summed E-state index contributed by atoms with van der Waals surface area (Å²) in [5, 5.41) is 19.3. The topological polar surface area (TPSA) is 93.1 Å². The fourth-order valence-electron chi connectivity index (χ4n) is 6.28. The zero-order chi connectivity index (χ0) is 33.6. The number of ether oxygens (including phenoxy) is 2. The van der Waals surface area contributed by atoms with Crippen LogP contribution in [0.15, 0.2) is 66.8 Å². The van der Waals surface area contributed by atoms with Crippen molar-refractivity contribution in [3.63, 3.8) is 0 Å². The van der Waals surface area contributed by atoms with Crippen LogP contribution in [0.1, 0.15) is 108 Å². The Morgan fingerprint density at radius 1 is 0.848 bits per heavy atom. The number of aliphatic hydroxyl groups excluding tert-OH is 2. The lowest BCUT2D eigenvalue weighted by molar-refractivity contribution is -0.145. The Labute approximate surface area is 276 Å². The summed E-state index contributed by atoms with van der Waals surface area (Å²) in [6.45, 7) is 14.5. The van der Waals surface area contributed by atoms with E-state index in [4.69, 9.17) is 9.47 Å². The summed E-state index contributed by atoms with van der Waals surface area (Å²) in [6.07, 6.45) is 10.9. The molecule has 0 amide bonds. The molecule has 6 nitrogen and oxygen atoms in total. The highest BCUT2D eigenvalue weighted by Crippen LogP contribution is 2.38. The lowest BCUT2D eigenvalue weighted by Crippen LogP contribution is -2.25. The summed E-state index contributed by atoms with van der Waals surface area (Å²) in [5.74, 6) is -0.0681. The van der Waals surface area contributed by atoms with E-state index in [1.165, 1.54) is 87.5 Å². The molecular formula is C40H56O6. The molecule has 0 aliphatic heterocycles. The van der Waals surface area contributed by atoms with E-state index in [0.29, 0.717) is 18.8 Å². The van der Waals surface area contributed by atoms with Gasteiger partial charge in [0.2, 0.25) is 0 Å². The number of hydrogen-bond donors (Lipinski definition) is 2. The maximum Gasteiger partial charge on any atom is 0.336 e. The van der Waals surface area contributed by atoms with Crippen LogP contribution in [0.5, 0.6) is 0 Å². The van der Waals surface area contributed by atoms with E-state index in [0.717, 1.165) is 17.9 Å². The van der Waals surface area contributed by atoms with Crippen LogP contribution in [0.2, 0.25) is 0 Å². The van der Waals surface area contributed by atoms with Crippen LogP contribution in [-0.2, 0) is 31.9 Å². The molecule has 2 atom stereocenters. The molecule has 1 aliphatic carbocycles. The highest BCUT2D eigenvalue weighted by molar-refractivity contribution is 5.89. The third-order valence-electron chi connectivity index (χ3n) is 9.58. The number of hydrogen-bond acceptors (Lipinski definition) is 6. The molecule has 0 bridgehead atoms. The van der Waals surface area contributed by atoms with Gasteiger partial charge in [-0.1, -0.05) is 95.2 Å². The smallest absolute Gasteiger partial charge is 0.336 e. The molecule has 6 heteroatoms. The first-order valence-corrected chi connectivity index (χ1v) is 17.3. The van der Waals surface area contributed by atoms with Crippen LogP contribution in [0.3, 0.4) is 0 Å². The number of aliphatic hydroxyl groups is 2. The normalized spacial score (nSPS) is 18.3. The molecule has 46 heavy (non-hydrogen) atoms. The number of carbonyl (C=O) groups excluding carboxylic acids is 2. The van der Waals surface area contributed by atoms with Gasteiger partial charge in [-0.3, -0.25) is 0 Å². The molecule has 0 saturated heterocycles. The van der Waals surface area contributed by atoms with Crippen LogP contribution >= 0.6 is 0 Å². The van der Waals surface area contributed by atoms with Crippen molar-refractivity contribution in [1.29, 1.82) is 0 Å². The lowest BCUT2D eigenvalue weighted by Gasteiger charge is -2.29. The van der Waals surface area contributed by atoms with Crippen LogP contribution < -0.4 is 0 Å². The van der Waals surface area contributed by atoms with E-state index < -0.39 is 24.1 Å². The van der Waals surface area contributed by atoms with Gasteiger partial charge in [-0.2, -0.15) is 0 Å². The Morgan fingerprint density at radius 2 is 1.43 bits per heavy atom. The second-order valence-electron chi connectivity index (χ2n) is 13.2. The van der Waals surface area contributed by atoms with Gasteiger partial charge >= 0.3 is 11.9 Å². The van der Waals surface area contributed by atoms with Gasteiger partial charge in [-0.25, -0.2) is 9.59 Å². The van der Waals surface area contributed by atoms with E-state index in [1.54, 1.807) is 0 Å². The maximum absolute atomic E-state index is 12.3. The molecule has 0 radical (unpaired) electrons. The molecule has 3 rings (SSSR count). The third kappa shape index (κ3) is 11.2. The van der Waals surface area contributed by atoms with E-state index in [9.17, 15) is 19.8 Å². The largest absolute Gasteiger partial charge is 0.462 e. The second kappa shape index (κ2) is 18.8. The molecule has 2 aromatic carbocycles. The predicted molar refractivity (Wildman–Crippen MR) is 185 cm³/mol. The molecule has 2 aromatic rings. The number of rotatable bonds is 18. The van der Waals surface area contributed by atoms with Crippen LogP contribution in [0, 0.1) is 11.8 Å². The van der Waals surface area contributed by atoms with Crippen molar-refractivity contribution in [1.82, 2.24) is 0 Å². The highest BCUT2D eigenvalue weighted by Gasteiger charge is 2.23. The van der Waals surface area contributed by atoms with Crippen molar-refractivity contribution in [2.75, 3.05) is 13.2 Å². The first-order chi connectivity index (χ1) is 22.0. The quantitative estimate of drug-likeness (QED) is 0.0976. The standard InChI is InChI=1S/C40H56O6/c1-7-9-10-11-31-14-17-35(18-15-31)36-19-21-37(22-20-36)38-23-16-32(24-34(38)8-2)12-13-33(25-45-39(43)27(3)29(5)41)26-46-40(44)28(4)30(6)42/h16,19-24,29-31,33,35,41-42H,3-4,7-15,17-18,25-26H2,1-2,5-6H3. The predicted octanol–water partition coefficient (Wildman–Crippen LogP) is 8.28. The van der Waals surface area contributed by atoms with Crippen molar-refractivity contribution in [2.45, 2.75) is 116 Å². The Hall–Kier alpha value is -3.22. The monoisotopic (exact) mass is 632 g/mol. The summed E-state index contributed by atoms with van der Waals surface area (Å²) in [4.78, 5) is 24.6. The van der Waals surface area contributed by atoms with Gasteiger partial charge in [-0.05, 0) is 98.4 Å². The van der Waals surface area contributed by atoms with Gasteiger partial charge < -0.3 is 19.7 Å². The number of benzene rings is 2. The summed E-state index contributed by atoms with van der Waals surface area (Å²) < 4.78 is 10.8. The number of esters is 2. The summed E-state index contributed by atoms with van der Waals surface area (Å²) in [6, 6.07) is 15.8. The van der Waals surface area contributed by atoms with E-state index in [1.807, 2.05) is 0 Å². The summed E-state index contributed by atoms with van der Waals surface area (Å²) in [5.41, 5.74) is 6.30. The molecule has 1 saturated carbocycles. The summed E-state index contributed by atoms with van der Waals surface area (Å²) >= 11 is 0. The zero-order valence-corrected chi connectivity index (χ0v) is 28.6. The molecule has 2 unspecified atom stereocenters. The minimum atomic E-state index is -1.01. The minimum absolute atomic E-state index is 0.00455. The van der Waals surface area contributed by atoms with Gasteiger partial charge in [0.1, 0.15) is 0 Å². The van der Waals surface area contributed by atoms with Gasteiger partial charge in [0, 0.05) is 5.92 Å². The number of aryl methyl sites for hydroxylation is 2. The molecule has 1 fully saturated rings. The van der Waals surface area contributed by atoms with Gasteiger partial charge in [-0.15, -0.1) is 0 Å². The average molecular weight is 633 g/mol. The molecule has 0 heterocycles. The van der Waals surface area contributed by atoms with E-state index >= 15 is 0 Å². The van der Waals surface area contributed by atoms with E-state index in [2.05, 4.69) is 69.5 Å². The molecular weight excluding hydrogens is 576 g/mol. The molecule has 1 aliphatic rings. The number of carbonyl (C=O) groups is 2. The Balaban J connectivity index is 1.63. The van der Waals surface area contributed by atoms with Crippen LogP contribution in [0.4, 0.5) is 0 Å². The molecule has 252 valence electrons. The lowest BCUT2D eigenvalue weighted by atomic mass is 9.77. The fraction of sp³-hybridized carbons (Fsp3) is 0.550. The number of unbranched alkanes of at least 4 members (excludes halogenated alkanes) is 2. The first-order valence-electron chi connectivity index (χ1n) is 17.3. The summed E-state index contributed by atoms with van der Waals surface area (Å²) in [7, 11) is 0. The van der Waals surface area contributed by atoms with Gasteiger partial charge in [0.05, 0.1) is 36.6 Å². The van der Waals surface area contributed by atoms with Crippen molar-refractivity contribution < 1.29 is 29.3 Å². The van der Waals surface area contributed by atoms with Crippen molar-refractivity contribution in [3.8, 4) is 11.1 Å². The Morgan fingerprint density at radius 3 is 1.96 bits per heavy atom. The van der Waals surface area contributed by atoms with Crippen molar-refractivity contribution in [2.24, 2.45) is 11.8 Å². The first kappa shape index (κ1) is 37.2. The Kier molecular flexibility index (Phi) is 15.2. The van der Waals surface area contributed by atoms with Crippen LogP contribution in [-0.4, -0.2) is 47.6 Å². The zero-order valence-electron chi connectivity index (χ0n) is 28.6. The van der Waals surface area contributed by atoms with Gasteiger partial charge in [0.25, 0.3) is 0 Å². The van der Waals surface area contributed by atoms with Crippen molar-refractivity contribution >= 4 is 11.9 Å². The molecule has 2 N–H and O–H groups in total. The van der Waals surface area contributed by atoms with Crippen LogP contribution in [0.25, 0.3) is 11.1 Å². The average Bonchev–Trinajstić information content (AvgIpc) is 3.07. The van der Waals surface area contributed by atoms with Crippen molar-refractivity contribution in [3.05, 3.63) is 83.5 Å². The molecule has 0 aromatic heterocycles. The minimum Gasteiger partial charge on any atom is -0.462 e. The van der Waals surface area contributed by atoms with E-state index in [-0.39, 0.29) is 30.3 Å². The molecule has 0 spiro atoms. The fourth-order valence-corrected chi connectivity index (χ4v) is 6.28. The highest BCUT2D eigenvalue weighted by atomic mass is 16.5.